The maximum atomic E-state index is 10.7. The van der Waals surface area contributed by atoms with E-state index in [1.165, 1.54) is 18.9 Å². The first kappa shape index (κ1) is 13.8. The van der Waals surface area contributed by atoms with Crippen LogP contribution < -0.4 is 5.32 Å². The highest BCUT2D eigenvalue weighted by Crippen LogP contribution is 2.17. The lowest BCUT2D eigenvalue weighted by atomic mass is 10.1. The van der Waals surface area contributed by atoms with Crippen molar-refractivity contribution in [1.29, 1.82) is 0 Å². The average molecular weight is 239 g/mol. The first-order valence-electron chi connectivity index (χ1n) is 6.13. The van der Waals surface area contributed by atoms with Gasteiger partial charge in [-0.1, -0.05) is 19.8 Å². The maximum absolute atomic E-state index is 10.7. The molecule has 0 spiro atoms. The molecule has 1 aromatic heterocycles. The molecule has 1 heterocycles. The third-order valence-electron chi connectivity index (χ3n) is 2.79. The van der Waals surface area contributed by atoms with Gasteiger partial charge in [-0.2, -0.15) is 0 Å². The molecule has 96 valence electrons. The van der Waals surface area contributed by atoms with E-state index in [4.69, 9.17) is 9.52 Å². The topological polar surface area (TPSA) is 62.5 Å². The first-order valence-corrected chi connectivity index (χ1v) is 6.13. The van der Waals surface area contributed by atoms with Crippen molar-refractivity contribution in [2.45, 2.75) is 52.1 Å². The van der Waals surface area contributed by atoms with Gasteiger partial charge >= 0.3 is 5.97 Å². The van der Waals surface area contributed by atoms with Crippen molar-refractivity contribution in [3.63, 3.8) is 0 Å². The van der Waals surface area contributed by atoms with Crippen LogP contribution in [0.3, 0.4) is 0 Å². The van der Waals surface area contributed by atoms with Gasteiger partial charge < -0.3 is 14.8 Å². The highest BCUT2D eigenvalue weighted by atomic mass is 16.4. The van der Waals surface area contributed by atoms with Crippen molar-refractivity contribution in [2.75, 3.05) is 0 Å². The Morgan fingerprint density at radius 2 is 2.18 bits per heavy atom. The number of carboxylic acid groups (broad SMARTS) is 1. The van der Waals surface area contributed by atoms with E-state index in [0.29, 0.717) is 11.8 Å². The molecule has 1 aromatic rings. The van der Waals surface area contributed by atoms with Crippen LogP contribution >= 0.6 is 0 Å². The summed E-state index contributed by atoms with van der Waals surface area (Å²) in [7, 11) is 0. The van der Waals surface area contributed by atoms with Gasteiger partial charge in [0.25, 0.3) is 0 Å². The van der Waals surface area contributed by atoms with Crippen LogP contribution in [0.1, 0.15) is 62.4 Å². The molecule has 4 nitrogen and oxygen atoms in total. The molecule has 0 aromatic carbocycles. The molecule has 4 heteroatoms. The van der Waals surface area contributed by atoms with Crippen LogP contribution in [0, 0.1) is 0 Å². The number of hydrogen-bond donors (Lipinski definition) is 2. The highest BCUT2D eigenvalue weighted by Gasteiger charge is 2.15. The Morgan fingerprint density at radius 3 is 2.71 bits per heavy atom. The Hall–Kier alpha value is -1.29. The van der Waals surface area contributed by atoms with Crippen molar-refractivity contribution in [2.24, 2.45) is 0 Å². The van der Waals surface area contributed by atoms with E-state index < -0.39 is 5.97 Å². The Labute approximate surface area is 102 Å². The molecule has 0 aliphatic carbocycles. The summed E-state index contributed by atoms with van der Waals surface area (Å²) in [5, 5.41) is 12.2. The van der Waals surface area contributed by atoms with Crippen LogP contribution in [0.15, 0.2) is 16.5 Å². The van der Waals surface area contributed by atoms with E-state index in [1.54, 1.807) is 6.07 Å². The number of furan rings is 1. The zero-order chi connectivity index (χ0) is 12.8. The largest absolute Gasteiger partial charge is 0.475 e. The fourth-order valence-electron chi connectivity index (χ4n) is 1.80. The molecule has 17 heavy (non-hydrogen) atoms. The van der Waals surface area contributed by atoms with Crippen LogP contribution in [0.5, 0.6) is 0 Å². The second-order valence-corrected chi connectivity index (χ2v) is 4.44. The summed E-state index contributed by atoms with van der Waals surface area (Å²) in [4.78, 5) is 10.7. The van der Waals surface area contributed by atoms with Gasteiger partial charge in [-0.05, 0) is 32.4 Å². The molecule has 2 unspecified atom stereocenters. The molecule has 2 N–H and O–H groups in total. The standard InChI is InChI=1S/C13H21NO3/c1-4-5-6-9(2)14-10(3)11-7-8-12(17-11)13(15)16/h7-10,14H,4-6H2,1-3H3,(H,15,16). The summed E-state index contributed by atoms with van der Waals surface area (Å²) in [6.45, 7) is 6.28. The molecule has 0 amide bonds. The van der Waals surface area contributed by atoms with E-state index in [0.717, 1.165) is 6.42 Å². The van der Waals surface area contributed by atoms with Gasteiger partial charge in [0, 0.05) is 6.04 Å². The van der Waals surface area contributed by atoms with Crippen LogP contribution in [-0.2, 0) is 0 Å². The molecule has 0 bridgehead atoms. The second-order valence-electron chi connectivity index (χ2n) is 4.44. The number of unbranched alkanes of at least 4 members (excludes halogenated alkanes) is 1. The highest BCUT2D eigenvalue weighted by molar-refractivity contribution is 5.84. The lowest BCUT2D eigenvalue weighted by Gasteiger charge is -2.18. The number of hydrogen-bond acceptors (Lipinski definition) is 3. The van der Waals surface area contributed by atoms with E-state index in [9.17, 15) is 4.79 Å². The quantitative estimate of drug-likeness (QED) is 0.767. The minimum Gasteiger partial charge on any atom is -0.475 e. The number of aromatic carboxylic acids is 1. The molecule has 0 saturated carbocycles. The SMILES string of the molecule is CCCCC(C)NC(C)c1ccc(C(=O)O)o1. The monoisotopic (exact) mass is 239 g/mol. The van der Waals surface area contributed by atoms with E-state index in [-0.39, 0.29) is 11.8 Å². The molecule has 2 atom stereocenters. The average Bonchev–Trinajstić information content (AvgIpc) is 2.75. The van der Waals surface area contributed by atoms with E-state index in [1.807, 2.05) is 6.92 Å². The summed E-state index contributed by atoms with van der Waals surface area (Å²) in [6.07, 6.45) is 3.50. The third kappa shape index (κ3) is 4.23. The summed E-state index contributed by atoms with van der Waals surface area (Å²) >= 11 is 0. The predicted octanol–water partition coefficient (Wildman–Crippen LogP) is 3.21. The third-order valence-corrected chi connectivity index (χ3v) is 2.79. The predicted molar refractivity (Wildman–Crippen MR) is 66.2 cm³/mol. The number of rotatable bonds is 7. The van der Waals surface area contributed by atoms with Gasteiger partial charge in [-0.3, -0.25) is 0 Å². The maximum Gasteiger partial charge on any atom is 0.371 e. The van der Waals surface area contributed by atoms with Crippen LogP contribution in [0.25, 0.3) is 0 Å². The van der Waals surface area contributed by atoms with Gasteiger partial charge in [-0.15, -0.1) is 0 Å². The van der Waals surface area contributed by atoms with Crippen LogP contribution in [0.4, 0.5) is 0 Å². The Morgan fingerprint density at radius 1 is 1.47 bits per heavy atom. The fraction of sp³-hybridized carbons (Fsp3) is 0.615. The van der Waals surface area contributed by atoms with Crippen LogP contribution in [0.2, 0.25) is 0 Å². The molecule has 0 aliphatic heterocycles. The zero-order valence-electron chi connectivity index (χ0n) is 10.7. The van der Waals surface area contributed by atoms with Gasteiger partial charge in [0.1, 0.15) is 5.76 Å². The molecular weight excluding hydrogens is 218 g/mol. The number of nitrogens with one attached hydrogen (secondary N) is 1. The lowest BCUT2D eigenvalue weighted by Crippen LogP contribution is -2.28. The zero-order valence-corrected chi connectivity index (χ0v) is 10.7. The minimum atomic E-state index is -1.03. The van der Waals surface area contributed by atoms with Crippen molar-refractivity contribution in [1.82, 2.24) is 5.32 Å². The molecular formula is C13H21NO3. The summed E-state index contributed by atoms with van der Waals surface area (Å²) < 4.78 is 5.25. The van der Waals surface area contributed by atoms with Crippen molar-refractivity contribution in [3.8, 4) is 0 Å². The van der Waals surface area contributed by atoms with Gasteiger partial charge in [0.15, 0.2) is 0 Å². The Bertz CT molecular complexity index is 359. The van der Waals surface area contributed by atoms with Gasteiger partial charge in [0.05, 0.1) is 6.04 Å². The first-order chi connectivity index (χ1) is 8.04. The summed E-state index contributed by atoms with van der Waals surface area (Å²) in [6, 6.07) is 3.65. The fourth-order valence-corrected chi connectivity index (χ4v) is 1.80. The molecule has 0 fully saturated rings. The minimum absolute atomic E-state index is 0.00476. The summed E-state index contributed by atoms with van der Waals surface area (Å²) in [5.74, 6) is -0.358. The van der Waals surface area contributed by atoms with E-state index >= 15 is 0 Å². The Balaban J connectivity index is 2.51. The lowest BCUT2D eigenvalue weighted by molar-refractivity contribution is 0.0659. The molecule has 0 radical (unpaired) electrons. The number of carboxylic acids is 1. The normalized spacial score (nSPS) is 14.5. The van der Waals surface area contributed by atoms with Crippen LogP contribution in [-0.4, -0.2) is 17.1 Å². The van der Waals surface area contributed by atoms with Gasteiger partial charge in [-0.25, -0.2) is 4.79 Å². The van der Waals surface area contributed by atoms with Crippen molar-refractivity contribution < 1.29 is 14.3 Å². The summed E-state index contributed by atoms with van der Waals surface area (Å²) in [5.41, 5.74) is 0. The van der Waals surface area contributed by atoms with Crippen molar-refractivity contribution in [3.05, 3.63) is 23.7 Å². The van der Waals surface area contributed by atoms with E-state index in [2.05, 4.69) is 19.2 Å². The molecule has 1 rings (SSSR count). The molecule has 0 aliphatic rings. The number of carbonyl (C=O) groups is 1. The van der Waals surface area contributed by atoms with Gasteiger partial charge in [0.2, 0.25) is 5.76 Å². The smallest absolute Gasteiger partial charge is 0.371 e. The Kier molecular flexibility index (Phi) is 5.22. The molecule has 0 saturated heterocycles. The second kappa shape index (κ2) is 6.45. The van der Waals surface area contributed by atoms with Crippen molar-refractivity contribution >= 4 is 5.97 Å².